The SMILES string of the molecule is COC(=O)c1ccc(CNC(=O)c2cccc(S(C)(=O)=O)c2)cc1. The number of ether oxygens (including phenoxy) is 1. The van der Waals surface area contributed by atoms with Crippen LogP contribution in [0.5, 0.6) is 0 Å². The van der Waals surface area contributed by atoms with Crippen molar-refractivity contribution in [2.24, 2.45) is 0 Å². The maximum absolute atomic E-state index is 12.1. The van der Waals surface area contributed by atoms with Crippen LogP contribution in [0.2, 0.25) is 0 Å². The zero-order valence-corrected chi connectivity index (χ0v) is 14.1. The molecule has 0 saturated heterocycles. The number of nitrogens with one attached hydrogen (secondary N) is 1. The fraction of sp³-hybridized carbons (Fsp3) is 0.176. The number of esters is 1. The molecule has 0 atom stereocenters. The van der Waals surface area contributed by atoms with E-state index in [1.807, 2.05) is 0 Å². The zero-order valence-electron chi connectivity index (χ0n) is 13.3. The second kappa shape index (κ2) is 7.27. The first-order chi connectivity index (χ1) is 11.3. The Hall–Kier alpha value is -2.67. The molecular weight excluding hydrogens is 330 g/mol. The lowest BCUT2D eigenvalue weighted by atomic mass is 10.1. The van der Waals surface area contributed by atoms with Gasteiger partial charge in [0.2, 0.25) is 0 Å². The highest BCUT2D eigenvalue weighted by Crippen LogP contribution is 2.12. The average Bonchev–Trinajstić information content (AvgIpc) is 2.58. The number of benzene rings is 2. The van der Waals surface area contributed by atoms with Gasteiger partial charge in [-0.25, -0.2) is 13.2 Å². The van der Waals surface area contributed by atoms with Crippen LogP contribution in [0.3, 0.4) is 0 Å². The molecule has 2 rings (SSSR count). The number of hydrogen-bond donors (Lipinski definition) is 1. The second-order valence-corrected chi connectivity index (χ2v) is 7.19. The van der Waals surface area contributed by atoms with Crippen LogP contribution in [0.1, 0.15) is 26.3 Å². The van der Waals surface area contributed by atoms with Gasteiger partial charge < -0.3 is 10.1 Å². The number of amides is 1. The van der Waals surface area contributed by atoms with Gasteiger partial charge >= 0.3 is 5.97 Å². The van der Waals surface area contributed by atoms with E-state index < -0.39 is 15.8 Å². The van der Waals surface area contributed by atoms with Crippen LogP contribution in [0.4, 0.5) is 0 Å². The minimum Gasteiger partial charge on any atom is -0.465 e. The van der Waals surface area contributed by atoms with Crippen molar-refractivity contribution in [3.63, 3.8) is 0 Å². The van der Waals surface area contributed by atoms with E-state index in [4.69, 9.17) is 0 Å². The van der Waals surface area contributed by atoms with Gasteiger partial charge in [0.05, 0.1) is 17.6 Å². The molecule has 0 aromatic heterocycles. The van der Waals surface area contributed by atoms with Crippen molar-refractivity contribution >= 4 is 21.7 Å². The third-order valence-electron chi connectivity index (χ3n) is 3.35. The highest BCUT2D eigenvalue weighted by atomic mass is 32.2. The Balaban J connectivity index is 2.04. The Labute approximate surface area is 140 Å². The Morgan fingerprint density at radius 2 is 1.71 bits per heavy atom. The summed E-state index contributed by atoms with van der Waals surface area (Å²) in [6.07, 6.45) is 1.09. The van der Waals surface area contributed by atoms with Gasteiger partial charge in [-0.15, -0.1) is 0 Å². The molecule has 126 valence electrons. The van der Waals surface area contributed by atoms with E-state index in [9.17, 15) is 18.0 Å². The molecule has 7 heteroatoms. The molecular formula is C17H17NO5S. The highest BCUT2D eigenvalue weighted by molar-refractivity contribution is 7.90. The Kier molecular flexibility index (Phi) is 5.35. The number of methoxy groups -OCH3 is 1. The van der Waals surface area contributed by atoms with E-state index in [1.165, 1.54) is 25.3 Å². The van der Waals surface area contributed by atoms with Gasteiger partial charge in [0.25, 0.3) is 5.91 Å². The van der Waals surface area contributed by atoms with E-state index in [2.05, 4.69) is 10.1 Å². The lowest BCUT2D eigenvalue weighted by Gasteiger charge is -2.07. The summed E-state index contributed by atoms with van der Waals surface area (Å²) >= 11 is 0. The quantitative estimate of drug-likeness (QED) is 0.833. The molecule has 0 aliphatic heterocycles. The number of sulfone groups is 1. The van der Waals surface area contributed by atoms with Gasteiger partial charge in [0, 0.05) is 18.4 Å². The molecule has 0 aliphatic rings. The minimum absolute atomic E-state index is 0.0950. The van der Waals surface area contributed by atoms with Crippen molar-refractivity contribution in [2.45, 2.75) is 11.4 Å². The Bertz CT molecular complexity index is 857. The van der Waals surface area contributed by atoms with E-state index in [0.717, 1.165) is 11.8 Å². The molecule has 0 radical (unpaired) electrons. The lowest BCUT2D eigenvalue weighted by molar-refractivity contribution is 0.0600. The van der Waals surface area contributed by atoms with Crippen molar-refractivity contribution in [3.8, 4) is 0 Å². The predicted octanol–water partition coefficient (Wildman–Crippen LogP) is 1.81. The first kappa shape index (κ1) is 17.7. The summed E-state index contributed by atoms with van der Waals surface area (Å²) in [4.78, 5) is 23.6. The lowest BCUT2D eigenvalue weighted by Crippen LogP contribution is -2.23. The Morgan fingerprint density at radius 3 is 2.29 bits per heavy atom. The number of rotatable bonds is 5. The van der Waals surface area contributed by atoms with Gasteiger partial charge in [0.1, 0.15) is 0 Å². The zero-order chi connectivity index (χ0) is 17.7. The molecule has 1 amide bonds. The number of carbonyl (C=O) groups is 2. The summed E-state index contributed by atoms with van der Waals surface area (Å²) < 4.78 is 27.7. The monoisotopic (exact) mass is 347 g/mol. The molecule has 0 fully saturated rings. The molecule has 24 heavy (non-hydrogen) atoms. The fourth-order valence-electron chi connectivity index (χ4n) is 2.03. The molecule has 2 aromatic carbocycles. The predicted molar refractivity (Wildman–Crippen MR) is 88.5 cm³/mol. The molecule has 0 unspecified atom stereocenters. The highest BCUT2D eigenvalue weighted by Gasteiger charge is 2.11. The van der Waals surface area contributed by atoms with Crippen LogP contribution < -0.4 is 5.32 Å². The first-order valence-electron chi connectivity index (χ1n) is 7.07. The molecule has 0 aliphatic carbocycles. The molecule has 0 heterocycles. The molecule has 2 aromatic rings. The smallest absolute Gasteiger partial charge is 0.337 e. The normalized spacial score (nSPS) is 10.9. The first-order valence-corrected chi connectivity index (χ1v) is 8.96. The average molecular weight is 347 g/mol. The van der Waals surface area contributed by atoms with Crippen LogP contribution in [0.25, 0.3) is 0 Å². The summed E-state index contributed by atoms with van der Waals surface area (Å²) in [7, 11) is -2.06. The van der Waals surface area contributed by atoms with Crippen molar-refractivity contribution in [2.75, 3.05) is 13.4 Å². The topological polar surface area (TPSA) is 89.5 Å². The van der Waals surface area contributed by atoms with Crippen LogP contribution in [-0.4, -0.2) is 33.7 Å². The fourth-order valence-corrected chi connectivity index (χ4v) is 2.70. The van der Waals surface area contributed by atoms with Crippen molar-refractivity contribution in [3.05, 3.63) is 65.2 Å². The third kappa shape index (κ3) is 4.42. The summed E-state index contributed by atoms with van der Waals surface area (Å²) in [6, 6.07) is 12.5. The summed E-state index contributed by atoms with van der Waals surface area (Å²) in [5.74, 6) is -0.805. The maximum atomic E-state index is 12.1. The summed E-state index contributed by atoms with van der Waals surface area (Å²) in [5, 5.41) is 2.71. The van der Waals surface area contributed by atoms with Crippen LogP contribution in [-0.2, 0) is 21.1 Å². The largest absolute Gasteiger partial charge is 0.465 e. The van der Waals surface area contributed by atoms with E-state index >= 15 is 0 Å². The summed E-state index contributed by atoms with van der Waals surface area (Å²) in [5.41, 5.74) is 1.49. The van der Waals surface area contributed by atoms with Crippen LogP contribution in [0, 0.1) is 0 Å². The molecule has 6 nitrogen and oxygen atoms in total. The van der Waals surface area contributed by atoms with Gasteiger partial charge in [-0.3, -0.25) is 4.79 Å². The summed E-state index contributed by atoms with van der Waals surface area (Å²) in [6.45, 7) is 0.253. The van der Waals surface area contributed by atoms with Gasteiger partial charge in [-0.2, -0.15) is 0 Å². The van der Waals surface area contributed by atoms with Gasteiger partial charge in [-0.05, 0) is 35.9 Å². The van der Waals surface area contributed by atoms with E-state index in [1.54, 1.807) is 30.3 Å². The second-order valence-electron chi connectivity index (χ2n) is 5.17. The van der Waals surface area contributed by atoms with Crippen molar-refractivity contribution in [1.82, 2.24) is 5.32 Å². The van der Waals surface area contributed by atoms with E-state index in [0.29, 0.717) is 5.56 Å². The third-order valence-corrected chi connectivity index (χ3v) is 4.46. The van der Waals surface area contributed by atoms with Gasteiger partial charge in [-0.1, -0.05) is 18.2 Å². The van der Waals surface area contributed by atoms with Crippen LogP contribution in [0.15, 0.2) is 53.4 Å². The Morgan fingerprint density at radius 1 is 1.04 bits per heavy atom. The van der Waals surface area contributed by atoms with Crippen LogP contribution >= 0.6 is 0 Å². The molecule has 0 saturated carbocycles. The van der Waals surface area contributed by atoms with E-state index in [-0.39, 0.29) is 22.9 Å². The minimum atomic E-state index is -3.37. The molecule has 1 N–H and O–H groups in total. The van der Waals surface area contributed by atoms with Crippen molar-refractivity contribution in [1.29, 1.82) is 0 Å². The molecule has 0 bridgehead atoms. The molecule has 0 spiro atoms. The van der Waals surface area contributed by atoms with Gasteiger partial charge in [0.15, 0.2) is 9.84 Å². The number of hydrogen-bond acceptors (Lipinski definition) is 5. The van der Waals surface area contributed by atoms with Crippen molar-refractivity contribution < 1.29 is 22.7 Å². The number of carbonyl (C=O) groups excluding carboxylic acids is 2. The standard InChI is InChI=1S/C17H17NO5S/c1-23-17(20)13-8-6-12(7-9-13)11-18-16(19)14-4-3-5-15(10-14)24(2,21)22/h3-10H,11H2,1-2H3,(H,18,19). The maximum Gasteiger partial charge on any atom is 0.337 e.